The van der Waals surface area contributed by atoms with Crippen LogP contribution in [0.15, 0.2) is 22.1 Å². The summed E-state index contributed by atoms with van der Waals surface area (Å²) in [6, 6.07) is 1.63. The quantitative estimate of drug-likeness (QED) is 0.941. The molecule has 2 rings (SSSR count). The van der Waals surface area contributed by atoms with Gasteiger partial charge in [-0.25, -0.2) is 0 Å². The summed E-state index contributed by atoms with van der Waals surface area (Å²) in [6.07, 6.45) is 1.76. The van der Waals surface area contributed by atoms with Gasteiger partial charge < -0.3 is 5.73 Å². The predicted molar refractivity (Wildman–Crippen MR) is 71.0 cm³/mol. The van der Waals surface area contributed by atoms with E-state index in [4.69, 9.17) is 17.3 Å². The van der Waals surface area contributed by atoms with Crippen LogP contribution in [0.25, 0.3) is 0 Å². The minimum absolute atomic E-state index is 0.232. The topological polar surface area (TPSA) is 43.8 Å². The molecule has 0 amide bonds. The molecule has 0 aliphatic heterocycles. The number of nitrogens with zero attached hydrogens (tertiary/aromatic N) is 2. The van der Waals surface area contributed by atoms with Crippen molar-refractivity contribution in [2.24, 2.45) is 5.73 Å². The lowest BCUT2D eigenvalue weighted by Crippen LogP contribution is -2.16. The fourth-order valence-corrected chi connectivity index (χ4v) is 3.31. The van der Waals surface area contributed by atoms with Gasteiger partial charge in [0.05, 0.1) is 27.4 Å². The highest BCUT2D eigenvalue weighted by atomic mass is 79.9. The van der Waals surface area contributed by atoms with E-state index in [2.05, 4.69) is 21.0 Å². The van der Waals surface area contributed by atoms with E-state index < -0.39 is 0 Å². The third kappa shape index (κ3) is 2.05. The van der Waals surface area contributed by atoms with E-state index in [9.17, 15) is 0 Å². The van der Waals surface area contributed by atoms with Crippen molar-refractivity contribution >= 4 is 38.9 Å². The molecule has 3 nitrogen and oxygen atoms in total. The third-order valence-corrected chi connectivity index (χ3v) is 4.41. The molecule has 1 unspecified atom stereocenters. The van der Waals surface area contributed by atoms with Gasteiger partial charge in [0.15, 0.2) is 0 Å². The first kappa shape index (κ1) is 12.1. The molecule has 0 spiro atoms. The number of hydrogen-bond acceptors (Lipinski definition) is 3. The summed E-state index contributed by atoms with van der Waals surface area (Å²) >= 11 is 11.1. The van der Waals surface area contributed by atoms with E-state index >= 15 is 0 Å². The number of nitrogens with two attached hydrogens (primary N) is 1. The molecule has 0 aromatic carbocycles. The van der Waals surface area contributed by atoms with Gasteiger partial charge in [-0.15, -0.1) is 11.3 Å². The Labute approximate surface area is 111 Å². The van der Waals surface area contributed by atoms with Crippen molar-refractivity contribution in [1.29, 1.82) is 0 Å². The van der Waals surface area contributed by atoms with Gasteiger partial charge in [-0.1, -0.05) is 11.6 Å². The lowest BCUT2D eigenvalue weighted by Gasteiger charge is -2.13. The smallest absolute Gasteiger partial charge is 0.0843 e. The highest BCUT2D eigenvalue weighted by molar-refractivity contribution is 9.10. The summed E-state index contributed by atoms with van der Waals surface area (Å²) in [4.78, 5) is 0.970. The Kier molecular flexibility index (Phi) is 3.69. The lowest BCUT2D eigenvalue weighted by molar-refractivity contribution is 0.602. The highest BCUT2D eigenvalue weighted by Gasteiger charge is 2.20. The predicted octanol–water partition coefficient (Wildman–Crippen LogP) is 3.43. The largest absolute Gasteiger partial charge is 0.318 e. The first-order valence-corrected chi connectivity index (χ1v) is 6.89. The first-order chi connectivity index (χ1) is 7.65. The van der Waals surface area contributed by atoms with Crippen molar-refractivity contribution in [2.75, 3.05) is 0 Å². The fraction of sp³-hybridized carbons (Fsp3) is 0.300. The minimum Gasteiger partial charge on any atom is -0.318 e. The van der Waals surface area contributed by atoms with Gasteiger partial charge in [-0.3, -0.25) is 4.68 Å². The zero-order valence-corrected chi connectivity index (χ0v) is 11.8. The Hall–Kier alpha value is -0.360. The lowest BCUT2D eigenvalue weighted by atomic mass is 10.2. The van der Waals surface area contributed by atoms with Crippen molar-refractivity contribution in [3.63, 3.8) is 0 Å². The third-order valence-electron chi connectivity index (χ3n) is 2.35. The van der Waals surface area contributed by atoms with E-state index in [1.54, 1.807) is 17.5 Å². The zero-order valence-electron chi connectivity index (χ0n) is 8.65. The van der Waals surface area contributed by atoms with Gasteiger partial charge in [-0.05, 0) is 34.3 Å². The Morgan fingerprint density at radius 2 is 2.44 bits per heavy atom. The van der Waals surface area contributed by atoms with Gasteiger partial charge >= 0.3 is 0 Å². The Morgan fingerprint density at radius 1 is 1.69 bits per heavy atom. The molecule has 0 aliphatic rings. The minimum atomic E-state index is -0.232. The van der Waals surface area contributed by atoms with Crippen LogP contribution in [-0.2, 0) is 6.54 Å². The molecule has 16 heavy (non-hydrogen) atoms. The molecule has 86 valence electrons. The average molecular weight is 321 g/mol. The molecule has 2 heterocycles. The maximum atomic E-state index is 6.22. The number of aryl methyl sites for hydroxylation is 1. The van der Waals surface area contributed by atoms with Crippen LogP contribution in [0, 0.1) is 0 Å². The van der Waals surface area contributed by atoms with Crippen LogP contribution >= 0.6 is 38.9 Å². The van der Waals surface area contributed by atoms with Crippen LogP contribution in [0.4, 0.5) is 0 Å². The highest BCUT2D eigenvalue weighted by Crippen LogP contribution is 2.34. The standard InChI is InChI=1S/C10H11BrClN3S/c1-2-15-9(6(11)5-14-15)8(13)10-7(12)3-4-16-10/h3-5,8H,2,13H2,1H3. The molecule has 0 fully saturated rings. The average Bonchev–Trinajstić information content (AvgIpc) is 2.83. The molecule has 0 radical (unpaired) electrons. The van der Waals surface area contributed by atoms with Crippen molar-refractivity contribution in [3.8, 4) is 0 Å². The molecule has 0 saturated heterocycles. The molecular formula is C10H11BrClN3S. The van der Waals surface area contributed by atoms with Gasteiger partial charge in [0, 0.05) is 11.4 Å². The number of thiophene rings is 1. The number of halogens is 2. The molecule has 1 atom stereocenters. The molecule has 0 bridgehead atoms. The molecule has 0 saturated carbocycles. The van der Waals surface area contributed by atoms with E-state index in [0.29, 0.717) is 5.02 Å². The second kappa shape index (κ2) is 4.87. The van der Waals surface area contributed by atoms with Crippen molar-refractivity contribution in [2.45, 2.75) is 19.5 Å². The fourth-order valence-electron chi connectivity index (χ4n) is 1.58. The van der Waals surface area contributed by atoms with Crippen LogP contribution in [0.5, 0.6) is 0 Å². The number of rotatable bonds is 3. The Morgan fingerprint density at radius 3 is 3.00 bits per heavy atom. The number of hydrogen-bond donors (Lipinski definition) is 1. The molecule has 0 aliphatic carbocycles. The number of aromatic nitrogens is 2. The van der Waals surface area contributed by atoms with E-state index in [1.807, 2.05) is 23.1 Å². The second-order valence-electron chi connectivity index (χ2n) is 3.30. The van der Waals surface area contributed by atoms with Crippen LogP contribution in [-0.4, -0.2) is 9.78 Å². The monoisotopic (exact) mass is 319 g/mol. The first-order valence-electron chi connectivity index (χ1n) is 4.84. The molecule has 6 heteroatoms. The maximum Gasteiger partial charge on any atom is 0.0843 e. The van der Waals surface area contributed by atoms with Crippen molar-refractivity contribution < 1.29 is 0 Å². The molecule has 2 aromatic rings. The van der Waals surface area contributed by atoms with Gasteiger partial charge in [0.1, 0.15) is 0 Å². The Balaban J connectivity index is 2.44. The zero-order chi connectivity index (χ0) is 11.7. The van der Waals surface area contributed by atoms with Crippen molar-refractivity contribution in [3.05, 3.63) is 37.7 Å². The summed E-state index contributed by atoms with van der Waals surface area (Å²) in [5.41, 5.74) is 7.18. The van der Waals surface area contributed by atoms with Gasteiger partial charge in [0.2, 0.25) is 0 Å². The van der Waals surface area contributed by atoms with Crippen LogP contribution in [0.1, 0.15) is 23.5 Å². The van der Waals surface area contributed by atoms with Gasteiger partial charge in [-0.2, -0.15) is 5.10 Å². The summed E-state index contributed by atoms with van der Waals surface area (Å²) in [5, 5.41) is 6.90. The van der Waals surface area contributed by atoms with Crippen LogP contribution in [0.3, 0.4) is 0 Å². The van der Waals surface area contributed by atoms with E-state index in [0.717, 1.165) is 21.6 Å². The summed E-state index contributed by atoms with van der Waals surface area (Å²) in [5.74, 6) is 0. The van der Waals surface area contributed by atoms with Crippen molar-refractivity contribution in [1.82, 2.24) is 9.78 Å². The second-order valence-corrected chi connectivity index (χ2v) is 5.51. The Bertz CT molecular complexity index is 494. The summed E-state index contributed by atoms with van der Waals surface area (Å²) in [6.45, 7) is 2.82. The normalized spacial score (nSPS) is 13.0. The van der Waals surface area contributed by atoms with E-state index in [-0.39, 0.29) is 6.04 Å². The molecule has 2 aromatic heterocycles. The summed E-state index contributed by atoms with van der Waals surface area (Å²) < 4.78 is 2.80. The molecule has 2 N–H and O–H groups in total. The molecular weight excluding hydrogens is 310 g/mol. The van der Waals surface area contributed by atoms with Gasteiger partial charge in [0.25, 0.3) is 0 Å². The van der Waals surface area contributed by atoms with E-state index in [1.165, 1.54) is 0 Å². The SMILES string of the molecule is CCn1ncc(Br)c1C(N)c1sccc1Cl. The van der Waals surface area contributed by atoms with Crippen LogP contribution < -0.4 is 5.73 Å². The summed E-state index contributed by atoms with van der Waals surface area (Å²) in [7, 11) is 0. The van der Waals surface area contributed by atoms with Crippen LogP contribution in [0.2, 0.25) is 5.02 Å². The maximum absolute atomic E-state index is 6.22.